The lowest BCUT2D eigenvalue weighted by molar-refractivity contribution is 0.532. The molecule has 0 fully saturated rings. The van der Waals surface area contributed by atoms with Crippen LogP contribution in [0.2, 0.25) is 5.02 Å². The van der Waals surface area contributed by atoms with Gasteiger partial charge in [0.05, 0.1) is 5.69 Å². The van der Waals surface area contributed by atoms with Gasteiger partial charge < -0.3 is 10.3 Å². The molecule has 0 saturated heterocycles. The summed E-state index contributed by atoms with van der Waals surface area (Å²) in [6.07, 6.45) is 0.884. The van der Waals surface area contributed by atoms with Crippen molar-refractivity contribution in [2.24, 2.45) is 5.73 Å². The van der Waals surface area contributed by atoms with Crippen molar-refractivity contribution in [3.05, 3.63) is 57.3 Å². The monoisotopic (exact) mass is 304 g/mol. The number of halogens is 1. The maximum absolute atomic E-state index is 12.7. The molecule has 2 N–H and O–H groups in total. The molecule has 0 aliphatic heterocycles. The second-order valence-electron chi connectivity index (χ2n) is 5.82. The van der Waals surface area contributed by atoms with Gasteiger partial charge in [-0.15, -0.1) is 0 Å². The molecule has 0 amide bonds. The second-order valence-corrected chi connectivity index (χ2v) is 6.25. The fraction of sp³-hybridized carbons (Fsp3) is 0.353. The van der Waals surface area contributed by atoms with Crippen LogP contribution in [-0.4, -0.2) is 4.57 Å². The van der Waals surface area contributed by atoms with E-state index in [1.54, 1.807) is 4.57 Å². The first-order valence-corrected chi connectivity index (χ1v) is 7.51. The van der Waals surface area contributed by atoms with Gasteiger partial charge in [0.1, 0.15) is 0 Å². The van der Waals surface area contributed by atoms with Crippen molar-refractivity contribution in [3.63, 3.8) is 0 Å². The molecular formula is C17H21ClN2O. The van der Waals surface area contributed by atoms with Gasteiger partial charge in [0, 0.05) is 22.7 Å². The highest BCUT2D eigenvalue weighted by atomic mass is 35.5. The van der Waals surface area contributed by atoms with E-state index >= 15 is 0 Å². The molecule has 0 saturated carbocycles. The van der Waals surface area contributed by atoms with Gasteiger partial charge in [-0.1, -0.05) is 30.7 Å². The number of nitrogens with zero attached hydrogens (tertiary/aromatic N) is 1. The Morgan fingerprint density at radius 3 is 2.29 bits per heavy atom. The van der Waals surface area contributed by atoms with Gasteiger partial charge in [-0.3, -0.25) is 4.79 Å². The minimum Gasteiger partial charge on any atom is -0.322 e. The predicted molar refractivity (Wildman–Crippen MR) is 88.7 cm³/mol. The van der Waals surface area contributed by atoms with E-state index in [1.807, 2.05) is 50.2 Å². The minimum absolute atomic E-state index is 0.0169. The number of rotatable bonds is 4. The summed E-state index contributed by atoms with van der Waals surface area (Å²) in [5.74, 6) is 0. The molecule has 4 heteroatoms. The molecule has 0 spiro atoms. The highest BCUT2D eigenvalue weighted by molar-refractivity contribution is 6.30. The fourth-order valence-electron chi connectivity index (χ4n) is 2.39. The number of pyridine rings is 1. The Labute approximate surface area is 130 Å². The number of hydrogen-bond acceptors (Lipinski definition) is 2. The van der Waals surface area contributed by atoms with E-state index in [1.165, 1.54) is 0 Å². The van der Waals surface area contributed by atoms with E-state index in [0.717, 1.165) is 17.7 Å². The zero-order valence-corrected chi connectivity index (χ0v) is 13.4. The maximum Gasteiger partial charge on any atom is 0.256 e. The summed E-state index contributed by atoms with van der Waals surface area (Å²) in [5, 5.41) is 0.683. The van der Waals surface area contributed by atoms with Gasteiger partial charge in [-0.05, 0) is 50.1 Å². The molecule has 1 aromatic carbocycles. The first kappa shape index (κ1) is 15.8. The SMILES string of the molecule is CCCn1c(-c2ccc(Cl)cc2)ccc(C(C)(C)N)c1=O. The van der Waals surface area contributed by atoms with E-state index in [-0.39, 0.29) is 5.56 Å². The molecule has 21 heavy (non-hydrogen) atoms. The van der Waals surface area contributed by atoms with Crippen LogP contribution in [0, 0.1) is 0 Å². The fourth-order valence-corrected chi connectivity index (χ4v) is 2.51. The third kappa shape index (κ3) is 3.36. The Hall–Kier alpha value is -1.58. The molecule has 3 nitrogen and oxygen atoms in total. The summed E-state index contributed by atoms with van der Waals surface area (Å²) >= 11 is 5.93. The maximum atomic E-state index is 12.7. The van der Waals surface area contributed by atoms with Crippen LogP contribution < -0.4 is 11.3 Å². The molecule has 0 radical (unpaired) electrons. The van der Waals surface area contributed by atoms with Gasteiger partial charge in [-0.2, -0.15) is 0 Å². The zero-order valence-electron chi connectivity index (χ0n) is 12.7. The number of hydrogen-bond donors (Lipinski definition) is 1. The molecule has 0 unspecified atom stereocenters. The van der Waals surface area contributed by atoms with E-state index < -0.39 is 5.54 Å². The quantitative estimate of drug-likeness (QED) is 0.934. The predicted octanol–water partition coefficient (Wildman–Crippen LogP) is 3.77. The van der Waals surface area contributed by atoms with E-state index in [0.29, 0.717) is 17.1 Å². The van der Waals surface area contributed by atoms with Crippen molar-refractivity contribution in [2.45, 2.75) is 39.3 Å². The lowest BCUT2D eigenvalue weighted by atomic mass is 9.96. The summed E-state index contributed by atoms with van der Waals surface area (Å²) in [4.78, 5) is 12.7. The third-order valence-corrected chi connectivity index (χ3v) is 3.71. The van der Waals surface area contributed by atoms with Crippen LogP contribution in [0.4, 0.5) is 0 Å². The van der Waals surface area contributed by atoms with Crippen LogP contribution in [0.25, 0.3) is 11.3 Å². The Kier molecular flexibility index (Phi) is 4.55. The van der Waals surface area contributed by atoms with Crippen molar-refractivity contribution in [3.8, 4) is 11.3 Å². The van der Waals surface area contributed by atoms with Crippen LogP contribution in [0.1, 0.15) is 32.8 Å². The molecule has 112 valence electrons. The van der Waals surface area contributed by atoms with Crippen LogP contribution in [0.3, 0.4) is 0 Å². The first-order chi connectivity index (χ1) is 9.84. The smallest absolute Gasteiger partial charge is 0.256 e. The minimum atomic E-state index is -0.648. The highest BCUT2D eigenvalue weighted by Gasteiger charge is 2.20. The number of aromatic nitrogens is 1. The van der Waals surface area contributed by atoms with Gasteiger partial charge >= 0.3 is 0 Å². The van der Waals surface area contributed by atoms with Crippen molar-refractivity contribution in [1.29, 1.82) is 0 Å². The zero-order chi connectivity index (χ0) is 15.6. The molecule has 0 bridgehead atoms. The molecule has 0 aliphatic rings. The van der Waals surface area contributed by atoms with E-state index in [2.05, 4.69) is 6.92 Å². The lowest BCUT2D eigenvalue weighted by Gasteiger charge is -2.21. The summed E-state index contributed by atoms with van der Waals surface area (Å²) in [6, 6.07) is 11.3. The van der Waals surface area contributed by atoms with Gasteiger partial charge in [0.15, 0.2) is 0 Å². The summed E-state index contributed by atoms with van der Waals surface area (Å²) in [5.41, 5.74) is 7.94. The van der Waals surface area contributed by atoms with Gasteiger partial charge in [0.2, 0.25) is 0 Å². The summed E-state index contributed by atoms with van der Waals surface area (Å²) in [6.45, 7) is 6.42. The van der Waals surface area contributed by atoms with Crippen molar-refractivity contribution >= 4 is 11.6 Å². The number of nitrogens with two attached hydrogens (primary N) is 1. The van der Waals surface area contributed by atoms with Gasteiger partial charge in [-0.25, -0.2) is 0 Å². The molecule has 2 rings (SSSR count). The lowest BCUT2D eigenvalue weighted by Crippen LogP contribution is -2.38. The number of benzene rings is 1. The van der Waals surface area contributed by atoms with Crippen LogP contribution >= 0.6 is 11.6 Å². The van der Waals surface area contributed by atoms with Crippen LogP contribution in [0.5, 0.6) is 0 Å². The molecule has 1 aromatic heterocycles. The molecule has 2 aromatic rings. The Morgan fingerprint density at radius 2 is 1.76 bits per heavy atom. The van der Waals surface area contributed by atoms with Crippen LogP contribution in [0.15, 0.2) is 41.2 Å². The Morgan fingerprint density at radius 1 is 1.14 bits per heavy atom. The Balaban J connectivity index is 2.65. The summed E-state index contributed by atoms with van der Waals surface area (Å²) in [7, 11) is 0. The largest absolute Gasteiger partial charge is 0.322 e. The Bertz CT molecular complexity index is 681. The van der Waals surface area contributed by atoms with Crippen molar-refractivity contribution in [1.82, 2.24) is 4.57 Å². The normalized spacial score (nSPS) is 11.7. The second kappa shape index (κ2) is 6.04. The average Bonchev–Trinajstić information content (AvgIpc) is 2.41. The third-order valence-electron chi connectivity index (χ3n) is 3.46. The molecular weight excluding hydrogens is 284 g/mol. The van der Waals surface area contributed by atoms with Crippen LogP contribution in [-0.2, 0) is 12.1 Å². The standard InChI is InChI=1S/C17H21ClN2O/c1-4-11-20-15(12-5-7-13(18)8-6-12)10-9-14(16(20)21)17(2,3)19/h5-10H,4,11,19H2,1-3H3. The van der Waals surface area contributed by atoms with Crippen molar-refractivity contribution in [2.75, 3.05) is 0 Å². The van der Waals surface area contributed by atoms with E-state index in [9.17, 15) is 4.79 Å². The molecule has 0 atom stereocenters. The van der Waals surface area contributed by atoms with E-state index in [4.69, 9.17) is 17.3 Å². The summed E-state index contributed by atoms with van der Waals surface area (Å²) < 4.78 is 1.80. The molecule has 0 aliphatic carbocycles. The topological polar surface area (TPSA) is 48.0 Å². The highest BCUT2D eigenvalue weighted by Crippen LogP contribution is 2.23. The molecule has 1 heterocycles. The first-order valence-electron chi connectivity index (χ1n) is 7.13. The van der Waals surface area contributed by atoms with Gasteiger partial charge in [0.25, 0.3) is 5.56 Å². The van der Waals surface area contributed by atoms with Crippen molar-refractivity contribution < 1.29 is 0 Å². The average molecular weight is 305 g/mol.